The first kappa shape index (κ1) is 10.3. The molecule has 2 nitrogen and oxygen atoms in total. The predicted octanol–water partition coefficient (Wildman–Crippen LogP) is 3.52. The van der Waals surface area contributed by atoms with E-state index in [1.165, 1.54) is 0 Å². The van der Waals surface area contributed by atoms with Crippen LogP contribution < -0.4 is 0 Å². The molecule has 0 aliphatic heterocycles. The van der Waals surface area contributed by atoms with E-state index in [2.05, 4.69) is 4.98 Å². The Bertz CT molecular complexity index is 578. The molecular weight excluding hydrogens is 245 g/mol. The van der Waals surface area contributed by atoms with Gasteiger partial charge in [0.1, 0.15) is 5.15 Å². The maximum Gasteiger partial charge on any atom is 0.129 e. The Hall–Kier alpha value is -0.830. The van der Waals surface area contributed by atoms with Gasteiger partial charge in [0.2, 0.25) is 0 Å². The van der Waals surface area contributed by atoms with Crippen LogP contribution in [0.2, 0.25) is 10.2 Å². The molecule has 1 aliphatic carbocycles. The molecule has 0 amide bonds. The van der Waals surface area contributed by atoms with Gasteiger partial charge in [-0.25, -0.2) is 4.98 Å². The molecule has 0 atom stereocenters. The summed E-state index contributed by atoms with van der Waals surface area (Å²) in [5.74, 6) is 0. The average molecular weight is 254 g/mol. The third-order valence-corrected chi connectivity index (χ3v) is 3.61. The Kier molecular flexibility index (Phi) is 2.15. The summed E-state index contributed by atoms with van der Waals surface area (Å²) in [6, 6.07) is 7.22. The van der Waals surface area contributed by atoms with Gasteiger partial charge in [0.05, 0.1) is 16.1 Å². The fourth-order valence-electron chi connectivity index (χ4n) is 1.89. The Morgan fingerprint density at radius 3 is 2.56 bits per heavy atom. The minimum Gasteiger partial charge on any atom is -0.385 e. The highest BCUT2D eigenvalue weighted by Crippen LogP contribution is 2.49. The summed E-state index contributed by atoms with van der Waals surface area (Å²) >= 11 is 12.1. The molecule has 0 radical (unpaired) electrons. The Morgan fingerprint density at radius 2 is 1.88 bits per heavy atom. The zero-order valence-corrected chi connectivity index (χ0v) is 9.89. The molecule has 0 spiro atoms. The van der Waals surface area contributed by atoms with E-state index in [4.69, 9.17) is 23.2 Å². The number of benzene rings is 1. The van der Waals surface area contributed by atoms with Crippen LogP contribution in [-0.2, 0) is 5.60 Å². The molecule has 2 aromatic rings. The average Bonchev–Trinajstić information content (AvgIpc) is 2.97. The topological polar surface area (TPSA) is 33.1 Å². The monoisotopic (exact) mass is 253 g/mol. The van der Waals surface area contributed by atoms with Crippen molar-refractivity contribution in [2.24, 2.45) is 0 Å². The first-order valence-electron chi connectivity index (χ1n) is 5.08. The smallest absolute Gasteiger partial charge is 0.129 e. The first-order chi connectivity index (χ1) is 7.60. The van der Waals surface area contributed by atoms with E-state index < -0.39 is 5.60 Å². The lowest BCUT2D eigenvalue weighted by Crippen LogP contribution is -2.05. The molecular formula is C12H9Cl2NO. The van der Waals surface area contributed by atoms with Crippen LogP contribution >= 0.6 is 23.2 Å². The number of nitrogens with zero attached hydrogens (tertiary/aromatic N) is 1. The SMILES string of the molecule is OC1(c2ccc3nc(Cl)ccc3c2Cl)CC1. The number of hydrogen-bond donors (Lipinski definition) is 1. The molecule has 16 heavy (non-hydrogen) atoms. The normalized spacial score (nSPS) is 17.7. The van der Waals surface area contributed by atoms with E-state index in [0.29, 0.717) is 10.2 Å². The summed E-state index contributed by atoms with van der Waals surface area (Å²) in [6.45, 7) is 0. The van der Waals surface area contributed by atoms with E-state index in [0.717, 1.165) is 29.3 Å². The third kappa shape index (κ3) is 1.49. The van der Waals surface area contributed by atoms with E-state index in [9.17, 15) is 5.11 Å². The second-order valence-corrected chi connectivity index (χ2v) is 4.92. The van der Waals surface area contributed by atoms with Crippen LogP contribution in [0, 0.1) is 0 Å². The molecule has 4 heteroatoms. The minimum atomic E-state index is -0.717. The zero-order chi connectivity index (χ0) is 11.3. The minimum absolute atomic E-state index is 0.446. The highest BCUT2D eigenvalue weighted by Gasteiger charge is 2.43. The Morgan fingerprint density at radius 1 is 1.12 bits per heavy atom. The Balaban J connectivity index is 2.28. The first-order valence-corrected chi connectivity index (χ1v) is 5.83. The van der Waals surface area contributed by atoms with Crippen LogP contribution in [0.3, 0.4) is 0 Å². The van der Waals surface area contributed by atoms with Gasteiger partial charge < -0.3 is 5.11 Å². The van der Waals surface area contributed by atoms with Crippen molar-refractivity contribution in [1.82, 2.24) is 4.98 Å². The third-order valence-electron chi connectivity index (χ3n) is 3.00. The van der Waals surface area contributed by atoms with Crippen molar-refractivity contribution in [3.8, 4) is 0 Å². The van der Waals surface area contributed by atoms with Crippen molar-refractivity contribution in [3.05, 3.63) is 40.0 Å². The Labute approximate surface area is 103 Å². The van der Waals surface area contributed by atoms with Gasteiger partial charge in [-0.3, -0.25) is 0 Å². The molecule has 1 aromatic carbocycles. The maximum atomic E-state index is 10.1. The lowest BCUT2D eigenvalue weighted by atomic mass is 10.0. The van der Waals surface area contributed by atoms with Gasteiger partial charge >= 0.3 is 0 Å². The van der Waals surface area contributed by atoms with E-state index >= 15 is 0 Å². The lowest BCUT2D eigenvalue weighted by molar-refractivity contribution is 0.152. The molecule has 1 heterocycles. The summed E-state index contributed by atoms with van der Waals surface area (Å²) in [5, 5.41) is 11.9. The molecule has 0 bridgehead atoms. The van der Waals surface area contributed by atoms with Crippen LogP contribution in [0.25, 0.3) is 10.9 Å². The van der Waals surface area contributed by atoms with Crippen molar-refractivity contribution < 1.29 is 5.11 Å². The summed E-state index contributed by atoms with van der Waals surface area (Å²) in [6.07, 6.45) is 1.55. The van der Waals surface area contributed by atoms with Crippen molar-refractivity contribution in [1.29, 1.82) is 0 Å². The maximum absolute atomic E-state index is 10.1. The van der Waals surface area contributed by atoms with Crippen LogP contribution in [0.15, 0.2) is 24.3 Å². The number of halogens is 2. The van der Waals surface area contributed by atoms with Gasteiger partial charge in [0, 0.05) is 10.9 Å². The van der Waals surface area contributed by atoms with Gasteiger partial charge in [-0.2, -0.15) is 0 Å². The van der Waals surface area contributed by atoms with Gasteiger partial charge in [0.25, 0.3) is 0 Å². The molecule has 1 fully saturated rings. The van der Waals surface area contributed by atoms with Crippen LogP contribution in [0.1, 0.15) is 18.4 Å². The summed E-state index contributed by atoms with van der Waals surface area (Å²) in [4.78, 5) is 4.18. The predicted molar refractivity (Wildman–Crippen MR) is 64.9 cm³/mol. The van der Waals surface area contributed by atoms with Gasteiger partial charge in [0.15, 0.2) is 0 Å². The molecule has 1 aliphatic rings. The van der Waals surface area contributed by atoms with E-state index in [1.807, 2.05) is 18.2 Å². The molecule has 1 saturated carbocycles. The van der Waals surface area contributed by atoms with E-state index in [-0.39, 0.29) is 0 Å². The highest BCUT2D eigenvalue weighted by molar-refractivity contribution is 6.36. The van der Waals surface area contributed by atoms with Crippen molar-refractivity contribution in [2.75, 3.05) is 0 Å². The highest BCUT2D eigenvalue weighted by atomic mass is 35.5. The van der Waals surface area contributed by atoms with Crippen LogP contribution in [0.4, 0.5) is 0 Å². The quantitative estimate of drug-likeness (QED) is 0.790. The van der Waals surface area contributed by atoms with Crippen LogP contribution in [0.5, 0.6) is 0 Å². The number of aromatic nitrogens is 1. The second-order valence-electron chi connectivity index (χ2n) is 4.16. The number of fused-ring (bicyclic) bond motifs is 1. The fourth-order valence-corrected chi connectivity index (χ4v) is 2.44. The number of hydrogen-bond acceptors (Lipinski definition) is 2. The molecule has 0 saturated heterocycles. The van der Waals surface area contributed by atoms with Crippen molar-refractivity contribution >= 4 is 34.1 Å². The fraction of sp³-hybridized carbons (Fsp3) is 0.250. The summed E-state index contributed by atoms with van der Waals surface area (Å²) in [5.41, 5.74) is 0.835. The van der Waals surface area contributed by atoms with Gasteiger partial charge in [-0.1, -0.05) is 29.3 Å². The van der Waals surface area contributed by atoms with E-state index in [1.54, 1.807) is 6.07 Å². The summed E-state index contributed by atoms with van der Waals surface area (Å²) < 4.78 is 0. The number of rotatable bonds is 1. The zero-order valence-electron chi connectivity index (χ0n) is 8.37. The van der Waals surface area contributed by atoms with Crippen molar-refractivity contribution in [2.45, 2.75) is 18.4 Å². The van der Waals surface area contributed by atoms with Crippen molar-refractivity contribution in [3.63, 3.8) is 0 Å². The molecule has 1 N–H and O–H groups in total. The molecule has 1 aromatic heterocycles. The van der Waals surface area contributed by atoms with Crippen LogP contribution in [-0.4, -0.2) is 10.1 Å². The second kappa shape index (κ2) is 3.33. The molecule has 0 unspecified atom stereocenters. The molecule has 82 valence electrons. The standard InChI is InChI=1S/C12H9Cl2NO/c13-10-4-1-7-9(15-10)3-2-8(11(7)14)12(16)5-6-12/h1-4,16H,5-6H2. The largest absolute Gasteiger partial charge is 0.385 e. The lowest BCUT2D eigenvalue weighted by Gasteiger charge is -2.12. The van der Waals surface area contributed by atoms with Gasteiger partial charge in [-0.05, 0) is 31.0 Å². The van der Waals surface area contributed by atoms with Gasteiger partial charge in [-0.15, -0.1) is 0 Å². The number of aliphatic hydroxyl groups is 1. The summed E-state index contributed by atoms with van der Waals surface area (Å²) in [7, 11) is 0. The molecule has 3 rings (SSSR count). The number of pyridine rings is 1.